The van der Waals surface area contributed by atoms with Crippen LogP contribution in [0.5, 0.6) is 0 Å². The Hall–Kier alpha value is -1.36. The van der Waals surface area contributed by atoms with Gasteiger partial charge in [0.2, 0.25) is 5.95 Å². The van der Waals surface area contributed by atoms with Crippen LogP contribution < -0.4 is 10.6 Å². The number of aromatic nitrogens is 2. The molecule has 0 radical (unpaired) electrons. The molecule has 5 nitrogen and oxygen atoms in total. The van der Waals surface area contributed by atoms with E-state index in [-0.39, 0.29) is 12.1 Å². The predicted molar refractivity (Wildman–Crippen MR) is 58.9 cm³/mol. The average molecular weight is 208 g/mol. The molecule has 1 aliphatic carbocycles. The molecule has 1 heterocycles. The molecule has 1 aromatic heterocycles. The molecule has 15 heavy (non-hydrogen) atoms. The summed E-state index contributed by atoms with van der Waals surface area (Å²) in [5.74, 6) is 1.36. The summed E-state index contributed by atoms with van der Waals surface area (Å²) in [6, 6.07) is 1.82. The Morgan fingerprint density at radius 1 is 1.53 bits per heavy atom. The van der Waals surface area contributed by atoms with E-state index < -0.39 is 0 Å². The van der Waals surface area contributed by atoms with Gasteiger partial charge in [-0.25, -0.2) is 4.98 Å². The van der Waals surface area contributed by atoms with Gasteiger partial charge >= 0.3 is 0 Å². The highest BCUT2D eigenvalue weighted by Crippen LogP contribution is 2.34. The Morgan fingerprint density at radius 3 is 2.87 bits per heavy atom. The van der Waals surface area contributed by atoms with E-state index >= 15 is 0 Å². The van der Waals surface area contributed by atoms with Gasteiger partial charge in [-0.05, 0) is 25.3 Å². The summed E-state index contributed by atoms with van der Waals surface area (Å²) in [5, 5.41) is 15.5. The Bertz CT molecular complexity index is 332. The lowest BCUT2D eigenvalue weighted by atomic mass is 9.77. The maximum atomic E-state index is 9.30. The number of rotatable bonds is 4. The number of hydrogen-bond donors (Lipinski definition) is 3. The van der Waals surface area contributed by atoms with Crippen molar-refractivity contribution in [1.82, 2.24) is 9.97 Å². The van der Waals surface area contributed by atoms with Gasteiger partial charge in [-0.15, -0.1) is 0 Å². The fourth-order valence-corrected chi connectivity index (χ4v) is 1.75. The van der Waals surface area contributed by atoms with Crippen molar-refractivity contribution >= 4 is 11.8 Å². The molecular formula is C10H16N4O. The fraction of sp³-hybridized carbons (Fsp3) is 0.600. The second-order valence-corrected chi connectivity index (χ2v) is 3.93. The molecule has 0 amide bonds. The Kier molecular flexibility index (Phi) is 2.73. The number of aliphatic hydroxyl groups is 1. The minimum absolute atomic E-state index is 0.153. The van der Waals surface area contributed by atoms with Crippen molar-refractivity contribution in [2.24, 2.45) is 0 Å². The van der Waals surface area contributed by atoms with Gasteiger partial charge in [0, 0.05) is 13.2 Å². The van der Waals surface area contributed by atoms with Crippen LogP contribution in [0.1, 0.15) is 19.3 Å². The van der Waals surface area contributed by atoms with E-state index in [9.17, 15) is 5.11 Å². The molecule has 0 aliphatic heterocycles. The first-order valence-electron chi connectivity index (χ1n) is 5.18. The zero-order chi connectivity index (χ0) is 10.7. The summed E-state index contributed by atoms with van der Waals surface area (Å²) in [6.07, 6.45) is 4.87. The molecule has 3 N–H and O–H groups in total. The molecule has 0 saturated heterocycles. The molecule has 0 aromatic carbocycles. The van der Waals surface area contributed by atoms with Gasteiger partial charge in [0.15, 0.2) is 0 Å². The van der Waals surface area contributed by atoms with E-state index in [4.69, 9.17) is 0 Å². The lowest BCUT2D eigenvalue weighted by molar-refractivity contribution is 0.144. The first-order valence-corrected chi connectivity index (χ1v) is 5.18. The van der Waals surface area contributed by atoms with Crippen molar-refractivity contribution in [1.29, 1.82) is 0 Å². The van der Waals surface area contributed by atoms with Gasteiger partial charge in [-0.3, -0.25) is 0 Å². The standard InChI is InChI=1S/C10H16N4O/c1-11-9-12-6-3-8(13-9)14-10(7-15)4-2-5-10/h3,6,15H,2,4-5,7H2,1H3,(H2,11,12,13,14). The van der Waals surface area contributed by atoms with Gasteiger partial charge < -0.3 is 15.7 Å². The van der Waals surface area contributed by atoms with Crippen LogP contribution in [0.2, 0.25) is 0 Å². The van der Waals surface area contributed by atoms with E-state index in [1.807, 2.05) is 6.07 Å². The fourth-order valence-electron chi connectivity index (χ4n) is 1.75. The van der Waals surface area contributed by atoms with Crippen molar-refractivity contribution in [2.75, 3.05) is 24.3 Å². The summed E-state index contributed by atoms with van der Waals surface area (Å²) < 4.78 is 0. The number of nitrogens with one attached hydrogen (secondary N) is 2. The zero-order valence-electron chi connectivity index (χ0n) is 8.82. The van der Waals surface area contributed by atoms with E-state index in [1.165, 1.54) is 0 Å². The molecule has 0 spiro atoms. The Labute approximate surface area is 88.9 Å². The van der Waals surface area contributed by atoms with Crippen molar-refractivity contribution in [3.8, 4) is 0 Å². The Balaban J connectivity index is 2.09. The van der Waals surface area contributed by atoms with Gasteiger partial charge in [-0.1, -0.05) is 0 Å². The minimum Gasteiger partial charge on any atom is -0.394 e. The van der Waals surface area contributed by atoms with Crippen LogP contribution in [0.3, 0.4) is 0 Å². The molecule has 0 unspecified atom stereocenters. The van der Waals surface area contributed by atoms with Crippen LogP contribution in [0.15, 0.2) is 12.3 Å². The highest BCUT2D eigenvalue weighted by molar-refractivity contribution is 5.42. The number of hydrogen-bond acceptors (Lipinski definition) is 5. The second kappa shape index (κ2) is 4.02. The third-order valence-corrected chi connectivity index (χ3v) is 2.89. The number of aliphatic hydroxyl groups excluding tert-OH is 1. The topological polar surface area (TPSA) is 70.1 Å². The first kappa shape index (κ1) is 10.2. The summed E-state index contributed by atoms with van der Waals surface area (Å²) in [6.45, 7) is 0.159. The number of anilines is 2. The molecule has 82 valence electrons. The first-order chi connectivity index (χ1) is 7.28. The summed E-state index contributed by atoms with van der Waals surface area (Å²) in [7, 11) is 1.78. The second-order valence-electron chi connectivity index (χ2n) is 3.93. The van der Waals surface area contributed by atoms with E-state index in [0.717, 1.165) is 25.1 Å². The summed E-state index contributed by atoms with van der Waals surface area (Å²) in [4.78, 5) is 8.29. The Morgan fingerprint density at radius 2 is 2.33 bits per heavy atom. The van der Waals surface area contributed by atoms with Crippen LogP contribution in [0.25, 0.3) is 0 Å². The molecule has 1 aromatic rings. The summed E-state index contributed by atoms with van der Waals surface area (Å²) >= 11 is 0. The minimum atomic E-state index is -0.153. The molecule has 1 aliphatic rings. The largest absolute Gasteiger partial charge is 0.394 e. The quantitative estimate of drug-likeness (QED) is 0.684. The van der Waals surface area contributed by atoms with E-state index in [0.29, 0.717) is 5.95 Å². The van der Waals surface area contributed by atoms with Gasteiger partial charge in [0.25, 0.3) is 0 Å². The normalized spacial score (nSPS) is 18.0. The van der Waals surface area contributed by atoms with Crippen molar-refractivity contribution < 1.29 is 5.11 Å². The lowest BCUT2D eigenvalue weighted by Crippen LogP contribution is -2.48. The van der Waals surface area contributed by atoms with Gasteiger partial charge in [-0.2, -0.15) is 4.98 Å². The van der Waals surface area contributed by atoms with Gasteiger partial charge in [0.05, 0.1) is 12.1 Å². The molecule has 1 fully saturated rings. The maximum absolute atomic E-state index is 9.30. The third-order valence-electron chi connectivity index (χ3n) is 2.89. The smallest absolute Gasteiger partial charge is 0.224 e. The van der Waals surface area contributed by atoms with E-state index in [1.54, 1.807) is 13.2 Å². The number of nitrogens with zero attached hydrogens (tertiary/aromatic N) is 2. The molecule has 5 heteroatoms. The highest BCUT2D eigenvalue weighted by atomic mass is 16.3. The van der Waals surface area contributed by atoms with Crippen molar-refractivity contribution in [3.63, 3.8) is 0 Å². The lowest BCUT2D eigenvalue weighted by Gasteiger charge is -2.41. The van der Waals surface area contributed by atoms with Crippen LogP contribution in [0, 0.1) is 0 Å². The molecular weight excluding hydrogens is 192 g/mol. The van der Waals surface area contributed by atoms with E-state index in [2.05, 4.69) is 20.6 Å². The van der Waals surface area contributed by atoms with Crippen LogP contribution >= 0.6 is 0 Å². The van der Waals surface area contributed by atoms with Crippen molar-refractivity contribution in [3.05, 3.63) is 12.3 Å². The third kappa shape index (κ3) is 2.02. The molecule has 0 atom stereocenters. The average Bonchev–Trinajstić information content (AvgIpc) is 2.24. The molecule has 2 rings (SSSR count). The zero-order valence-corrected chi connectivity index (χ0v) is 8.82. The van der Waals surface area contributed by atoms with Crippen LogP contribution in [-0.4, -0.2) is 34.3 Å². The highest BCUT2D eigenvalue weighted by Gasteiger charge is 2.36. The van der Waals surface area contributed by atoms with Gasteiger partial charge in [0.1, 0.15) is 5.82 Å². The summed E-state index contributed by atoms with van der Waals surface area (Å²) in [5.41, 5.74) is -0.153. The monoisotopic (exact) mass is 208 g/mol. The van der Waals surface area contributed by atoms with Crippen molar-refractivity contribution in [2.45, 2.75) is 24.8 Å². The molecule has 1 saturated carbocycles. The predicted octanol–water partition coefficient (Wildman–Crippen LogP) is 0.845. The van der Waals surface area contributed by atoms with Crippen LogP contribution in [-0.2, 0) is 0 Å². The SMILES string of the molecule is CNc1nccc(NC2(CO)CCC2)n1. The van der Waals surface area contributed by atoms with Crippen LogP contribution in [0.4, 0.5) is 11.8 Å². The maximum Gasteiger partial charge on any atom is 0.224 e. The molecule has 0 bridgehead atoms.